The first-order chi connectivity index (χ1) is 14.7. The molecule has 1 aliphatic heterocycles. The normalized spacial score (nSPS) is 13.8. The predicted octanol–water partition coefficient (Wildman–Crippen LogP) is 3.34. The second-order valence-corrected chi connectivity index (χ2v) is 7.65. The molecule has 1 fully saturated rings. The van der Waals surface area contributed by atoms with Gasteiger partial charge in [-0.3, -0.25) is 4.98 Å². The minimum atomic E-state index is 0.378. The zero-order chi connectivity index (χ0) is 20.8. The fourth-order valence-corrected chi connectivity index (χ4v) is 3.63. The Labute approximate surface area is 186 Å². The van der Waals surface area contributed by atoms with Gasteiger partial charge in [-0.05, 0) is 36.0 Å². The summed E-state index contributed by atoms with van der Waals surface area (Å²) in [5, 5.41) is 6.96. The second kappa shape index (κ2) is 9.69. The average Bonchev–Trinajstić information content (AvgIpc) is 2.79. The van der Waals surface area contributed by atoms with Gasteiger partial charge in [-0.2, -0.15) is 4.98 Å². The van der Waals surface area contributed by atoms with Crippen LogP contribution in [0.5, 0.6) is 0 Å². The zero-order valence-corrected chi connectivity index (χ0v) is 17.9. The van der Waals surface area contributed by atoms with E-state index in [0.717, 1.165) is 37.6 Å². The van der Waals surface area contributed by atoms with Crippen LogP contribution in [0.2, 0.25) is 5.15 Å². The van der Waals surface area contributed by atoms with Crippen LogP contribution in [0.4, 0.5) is 17.5 Å². The fraction of sp³-hybridized carbons (Fsp3) is 0.238. The number of halogens is 1. The SMILES string of the molecule is S=C(NCc1cccnc1)Nc1nc(Cl)cc(N2CCN(c3ccccc3)CC2)n1. The molecule has 0 atom stereocenters. The van der Waals surface area contributed by atoms with Crippen LogP contribution in [0.15, 0.2) is 60.9 Å². The maximum absolute atomic E-state index is 6.25. The summed E-state index contributed by atoms with van der Waals surface area (Å²) < 4.78 is 0. The molecule has 154 valence electrons. The predicted molar refractivity (Wildman–Crippen MR) is 125 cm³/mol. The van der Waals surface area contributed by atoms with Crippen LogP contribution in [-0.4, -0.2) is 46.2 Å². The maximum atomic E-state index is 6.25. The third-order valence-corrected chi connectivity index (χ3v) is 5.25. The molecule has 0 saturated carbocycles. The Balaban J connectivity index is 1.35. The van der Waals surface area contributed by atoms with E-state index >= 15 is 0 Å². The topological polar surface area (TPSA) is 69.2 Å². The lowest BCUT2D eigenvalue weighted by Crippen LogP contribution is -2.46. The van der Waals surface area contributed by atoms with Crippen LogP contribution in [0.25, 0.3) is 0 Å². The van der Waals surface area contributed by atoms with Gasteiger partial charge >= 0.3 is 0 Å². The maximum Gasteiger partial charge on any atom is 0.232 e. The molecule has 4 rings (SSSR count). The summed E-state index contributed by atoms with van der Waals surface area (Å²) in [6.07, 6.45) is 3.53. The molecule has 0 unspecified atom stereocenters. The van der Waals surface area contributed by atoms with Crippen LogP contribution in [-0.2, 0) is 6.54 Å². The number of benzene rings is 1. The first kappa shape index (κ1) is 20.3. The van der Waals surface area contributed by atoms with Crippen molar-refractivity contribution in [1.82, 2.24) is 20.3 Å². The van der Waals surface area contributed by atoms with E-state index in [9.17, 15) is 0 Å². The summed E-state index contributed by atoms with van der Waals surface area (Å²) >= 11 is 11.6. The molecule has 9 heteroatoms. The third kappa shape index (κ3) is 5.34. The second-order valence-electron chi connectivity index (χ2n) is 6.85. The lowest BCUT2D eigenvalue weighted by Gasteiger charge is -2.36. The van der Waals surface area contributed by atoms with Gasteiger partial charge in [-0.1, -0.05) is 35.9 Å². The molecule has 1 saturated heterocycles. The number of pyridine rings is 1. The van der Waals surface area contributed by atoms with E-state index in [1.165, 1.54) is 5.69 Å². The summed E-state index contributed by atoms with van der Waals surface area (Å²) in [5.74, 6) is 1.17. The lowest BCUT2D eigenvalue weighted by atomic mass is 10.2. The van der Waals surface area contributed by atoms with Crippen LogP contribution >= 0.6 is 23.8 Å². The van der Waals surface area contributed by atoms with Crippen molar-refractivity contribution in [2.24, 2.45) is 0 Å². The molecule has 0 bridgehead atoms. The van der Waals surface area contributed by atoms with E-state index in [1.54, 1.807) is 18.5 Å². The van der Waals surface area contributed by atoms with Crippen LogP contribution in [0.1, 0.15) is 5.56 Å². The van der Waals surface area contributed by atoms with Gasteiger partial charge in [0.1, 0.15) is 11.0 Å². The molecular formula is C21H22ClN7S. The Morgan fingerprint density at radius 2 is 1.77 bits per heavy atom. The van der Waals surface area contributed by atoms with E-state index in [2.05, 4.69) is 59.7 Å². The number of aromatic nitrogens is 3. The Hall–Kier alpha value is -2.97. The van der Waals surface area contributed by atoms with E-state index in [4.69, 9.17) is 23.8 Å². The minimum absolute atomic E-state index is 0.378. The van der Waals surface area contributed by atoms with Gasteiger partial charge in [0, 0.05) is 56.9 Å². The molecule has 1 aromatic carbocycles. The monoisotopic (exact) mass is 439 g/mol. The molecule has 30 heavy (non-hydrogen) atoms. The largest absolute Gasteiger partial charge is 0.368 e. The highest BCUT2D eigenvalue weighted by Crippen LogP contribution is 2.22. The first-order valence-electron chi connectivity index (χ1n) is 9.71. The van der Waals surface area contributed by atoms with Gasteiger partial charge in [0.15, 0.2) is 5.11 Å². The number of hydrogen-bond donors (Lipinski definition) is 2. The van der Waals surface area contributed by atoms with Crippen molar-refractivity contribution in [2.75, 3.05) is 41.3 Å². The van der Waals surface area contributed by atoms with Gasteiger partial charge in [0.2, 0.25) is 5.95 Å². The molecule has 0 radical (unpaired) electrons. The molecular weight excluding hydrogens is 418 g/mol. The highest BCUT2D eigenvalue weighted by Gasteiger charge is 2.19. The standard InChI is InChI=1S/C21H22ClN7S/c22-18-13-19(29-11-9-28(10-12-29)17-6-2-1-3-7-17)26-20(25-18)27-21(30)24-15-16-5-4-8-23-14-16/h1-8,13-14H,9-12,15H2,(H2,24,25,26,27,30). The number of piperazine rings is 1. The van der Waals surface area contributed by atoms with E-state index in [-0.39, 0.29) is 0 Å². The van der Waals surface area contributed by atoms with Crippen molar-refractivity contribution in [3.8, 4) is 0 Å². The van der Waals surface area contributed by atoms with Gasteiger partial charge in [-0.25, -0.2) is 4.98 Å². The third-order valence-electron chi connectivity index (χ3n) is 4.81. The highest BCUT2D eigenvalue weighted by molar-refractivity contribution is 7.80. The van der Waals surface area contributed by atoms with Crippen LogP contribution in [0.3, 0.4) is 0 Å². The van der Waals surface area contributed by atoms with Crippen molar-refractivity contribution in [1.29, 1.82) is 0 Å². The number of hydrogen-bond acceptors (Lipinski definition) is 6. The molecule has 7 nitrogen and oxygen atoms in total. The number of nitrogens with zero attached hydrogens (tertiary/aromatic N) is 5. The summed E-state index contributed by atoms with van der Waals surface area (Å²) in [6, 6.07) is 16.1. The minimum Gasteiger partial charge on any atom is -0.368 e. The van der Waals surface area contributed by atoms with Crippen molar-refractivity contribution < 1.29 is 0 Å². The van der Waals surface area contributed by atoms with Crippen molar-refractivity contribution >= 4 is 46.4 Å². The van der Waals surface area contributed by atoms with Crippen molar-refractivity contribution in [3.63, 3.8) is 0 Å². The summed E-state index contributed by atoms with van der Waals surface area (Å²) in [4.78, 5) is 17.5. The molecule has 0 spiro atoms. The first-order valence-corrected chi connectivity index (χ1v) is 10.5. The van der Waals surface area contributed by atoms with E-state index in [1.807, 2.05) is 18.2 Å². The summed E-state index contributed by atoms with van der Waals surface area (Å²) in [7, 11) is 0. The van der Waals surface area contributed by atoms with Crippen LogP contribution in [0, 0.1) is 0 Å². The Kier molecular flexibility index (Phi) is 6.56. The lowest BCUT2D eigenvalue weighted by molar-refractivity contribution is 0.647. The Bertz CT molecular complexity index is 979. The quantitative estimate of drug-likeness (QED) is 0.463. The number of para-hydroxylation sites is 1. The summed E-state index contributed by atoms with van der Waals surface area (Å²) in [6.45, 7) is 4.10. The van der Waals surface area contributed by atoms with Crippen LogP contribution < -0.4 is 20.4 Å². The van der Waals surface area contributed by atoms with Crippen molar-refractivity contribution in [2.45, 2.75) is 6.54 Å². The molecule has 1 aliphatic rings. The number of anilines is 3. The summed E-state index contributed by atoms with van der Waals surface area (Å²) in [5.41, 5.74) is 2.27. The number of thiocarbonyl (C=S) groups is 1. The van der Waals surface area contributed by atoms with Gasteiger partial charge in [0.25, 0.3) is 0 Å². The molecule has 3 aromatic rings. The number of nitrogens with one attached hydrogen (secondary N) is 2. The van der Waals surface area contributed by atoms with E-state index in [0.29, 0.717) is 22.8 Å². The molecule has 0 aliphatic carbocycles. The van der Waals surface area contributed by atoms with Crippen molar-refractivity contribution in [3.05, 3.63) is 71.6 Å². The van der Waals surface area contributed by atoms with Gasteiger partial charge < -0.3 is 20.4 Å². The van der Waals surface area contributed by atoms with Gasteiger partial charge in [0.05, 0.1) is 0 Å². The Morgan fingerprint density at radius 1 is 1.00 bits per heavy atom. The zero-order valence-electron chi connectivity index (χ0n) is 16.3. The molecule has 0 amide bonds. The molecule has 3 heterocycles. The fourth-order valence-electron chi connectivity index (χ4n) is 3.29. The van der Waals surface area contributed by atoms with Gasteiger partial charge in [-0.15, -0.1) is 0 Å². The molecule has 2 aromatic heterocycles. The molecule has 2 N–H and O–H groups in total. The average molecular weight is 440 g/mol. The Morgan fingerprint density at radius 3 is 2.50 bits per heavy atom. The highest BCUT2D eigenvalue weighted by atomic mass is 35.5. The van der Waals surface area contributed by atoms with E-state index < -0.39 is 0 Å². The smallest absolute Gasteiger partial charge is 0.232 e. The number of rotatable bonds is 5.